The van der Waals surface area contributed by atoms with Gasteiger partial charge in [0.05, 0.1) is 6.54 Å². The third kappa shape index (κ3) is 4.01. The van der Waals surface area contributed by atoms with E-state index in [1.807, 2.05) is 49.3 Å². The van der Waals surface area contributed by atoms with Crippen LogP contribution in [0.2, 0.25) is 0 Å². The van der Waals surface area contributed by atoms with Crippen LogP contribution in [0.3, 0.4) is 0 Å². The number of nitrogen functional groups attached to an aromatic ring is 1. The third-order valence-electron chi connectivity index (χ3n) is 2.60. The van der Waals surface area contributed by atoms with Crippen LogP contribution in [0, 0.1) is 0 Å². The molecule has 106 valence electrons. The fraction of sp³-hybridized carbons (Fsp3) is 0.286. The lowest BCUT2D eigenvalue weighted by Crippen LogP contribution is -2.16. The lowest BCUT2D eigenvalue weighted by atomic mass is 10.3. The van der Waals surface area contributed by atoms with Gasteiger partial charge in [0.2, 0.25) is 5.95 Å². The summed E-state index contributed by atoms with van der Waals surface area (Å²) < 4.78 is 5.59. The Kier molecular flexibility index (Phi) is 4.60. The van der Waals surface area contributed by atoms with Gasteiger partial charge in [-0.25, -0.2) is 4.98 Å². The van der Waals surface area contributed by atoms with Crippen molar-refractivity contribution in [3.63, 3.8) is 0 Å². The molecule has 0 aliphatic carbocycles. The fourth-order valence-corrected chi connectivity index (χ4v) is 1.57. The van der Waals surface area contributed by atoms with E-state index in [9.17, 15) is 0 Å². The molecule has 20 heavy (non-hydrogen) atoms. The molecule has 2 aromatic rings. The summed E-state index contributed by atoms with van der Waals surface area (Å²) in [6.45, 7) is 1.21. The summed E-state index contributed by atoms with van der Waals surface area (Å²) in [5.74, 6) is 2.26. The molecule has 6 nitrogen and oxygen atoms in total. The Bertz CT molecular complexity index is 542. The highest BCUT2D eigenvalue weighted by atomic mass is 16.5. The Hall–Kier alpha value is -2.50. The zero-order valence-corrected chi connectivity index (χ0v) is 11.7. The molecule has 0 saturated heterocycles. The molecule has 0 fully saturated rings. The SMILES string of the molecule is CN(C)c1nccc(NCCOc2ccc(N)cc2)n1. The molecular formula is C14H19N5O. The molecule has 0 amide bonds. The Morgan fingerprint density at radius 3 is 2.65 bits per heavy atom. The van der Waals surface area contributed by atoms with Gasteiger partial charge in [0.1, 0.15) is 18.2 Å². The van der Waals surface area contributed by atoms with Crippen molar-refractivity contribution in [1.82, 2.24) is 9.97 Å². The summed E-state index contributed by atoms with van der Waals surface area (Å²) in [5.41, 5.74) is 6.34. The molecule has 0 aliphatic heterocycles. The minimum absolute atomic E-state index is 0.547. The first kappa shape index (κ1) is 13.9. The number of anilines is 3. The molecule has 0 saturated carbocycles. The minimum atomic E-state index is 0.547. The van der Waals surface area contributed by atoms with Crippen molar-refractivity contribution in [2.75, 3.05) is 43.2 Å². The van der Waals surface area contributed by atoms with E-state index >= 15 is 0 Å². The van der Waals surface area contributed by atoms with Gasteiger partial charge in [0.15, 0.2) is 0 Å². The lowest BCUT2D eigenvalue weighted by Gasteiger charge is -2.12. The van der Waals surface area contributed by atoms with Crippen molar-refractivity contribution < 1.29 is 4.74 Å². The predicted octanol–water partition coefficient (Wildman–Crippen LogP) is 1.62. The molecule has 0 spiro atoms. The number of hydrogen-bond donors (Lipinski definition) is 2. The van der Waals surface area contributed by atoms with Crippen LogP contribution in [0.15, 0.2) is 36.5 Å². The number of aromatic nitrogens is 2. The van der Waals surface area contributed by atoms with E-state index in [2.05, 4.69) is 15.3 Å². The van der Waals surface area contributed by atoms with Crippen LogP contribution in [0.1, 0.15) is 0 Å². The van der Waals surface area contributed by atoms with Gasteiger partial charge in [-0.1, -0.05) is 0 Å². The van der Waals surface area contributed by atoms with E-state index in [4.69, 9.17) is 10.5 Å². The summed E-state index contributed by atoms with van der Waals surface area (Å²) in [6.07, 6.45) is 1.73. The van der Waals surface area contributed by atoms with Crippen molar-refractivity contribution >= 4 is 17.5 Å². The van der Waals surface area contributed by atoms with Gasteiger partial charge in [0, 0.05) is 26.0 Å². The first-order chi connectivity index (χ1) is 9.65. The van der Waals surface area contributed by atoms with Gasteiger partial charge in [-0.05, 0) is 30.3 Å². The zero-order valence-electron chi connectivity index (χ0n) is 11.7. The van der Waals surface area contributed by atoms with Gasteiger partial charge in [0.25, 0.3) is 0 Å². The van der Waals surface area contributed by atoms with Crippen molar-refractivity contribution in [2.45, 2.75) is 0 Å². The highest BCUT2D eigenvalue weighted by molar-refractivity contribution is 5.42. The second kappa shape index (κ2) is 6.60. The van der Waals surface area contributed by atoms with Crippen LogP contribution in [0.4, 0.5) is 17.5 Å². The number of nitrogens with two attached hydrogens (primary N) is 1. The Labute approximate surface area is 118 Å². The summed E-state index contributed by atoms with van der Waals surface area (Å²) >= 11 is 0. The Morgan fingerprint density at radius 1 is 1.20 bits per heavy atom. The Morgan fingerprint density at radius 2 is 1.95 bits per heavy atom. The highest BCUT2D eigenvalue weighted by Gasteiger charge is 2.00. The largest absolute Gasteiger partial charge is 0.492 e. The number of benzene rings is 1. The van der Waals surface area contributed by atoms with Crippen LogP contribution < -0.4 is 20.7 Å². The maximum Gasteiger partial charge on any atom is 0.226 e. The fourth-order valence-electron chi connectivity index (χ4n) is 1.57. The van der Waals surface area contributed by atoms with Crippen molar-refractivity contribution in [3.8, 4) is 5.75 Å². The maximum atomic E-state index is 5.61. The molecule has 0 bridgehead atoms. The molecule has 0 unspecified atom stereocenters. The topological polar surface area (TPSA) is 76.3 Å². The van der Waals surface area contributed by atoms with Gasteiger partial charge in [-0.2, -0.15) is 4.98 Å². The van der Waals surface area contributed by atoms with Gasteiger partial charge in [-0.15, -0.1) is 0 Å². The highest BCUT2D eigenvalue weighted by Crippen LogP contribution is 2.13. The first-order valence-electron chi connectivity index (χ1n) is 6.38. The molecule has 6 heteroatoms. The third-order valence-corrected chi connectivity index (χ3v) is 2.60. The van der Waals surface area contributed by atoms with E-state index in [-0.39, 0.29) is 0 Å². The van der Waals surface area contributed by atoms with E-state index in [0.29, 0.717) is 19.1 Å². The molecule has 1 aromatic heterocycles. The second-order valence-corrected chi connectivity index (χ2v) is 4.48. The molecule has 1 aromatic carbocycles. The normalized spacial score (nSPS) is 10.1. The molecular weight excluding hydrogens is 254 g/mol. The van der Waals surface area contributed by atoms with Gasteiger partial charge >= 0.3 is 0 Å². The maximum absolute atomic E-state index is 5.61. The molecule has 0 radical (unpaired) electrons. The molecule has 0 aliphatic rings. The monoisotopic (exact) mass is 273 g/mol. The molecule has 0 atom stereocenters. The average molecular weight is 273 g/mol. The van der Waals surface area contributed by atoms with Gasteiger partial charge < -0.3 is 20.7 Å². The van der Waals surface area contributed by atoms with Crippen molar-refractivity contribution in [2.24, 2.45) is 0 Å². The number of ether oxygens (including phenoxy) is 1. The number of hydrogen-bond acceptors (Lipinski definition) is 6. The van der Waals surface area contributed by atoms with Crippen LogP contribution in [-0.4, -0.2) is 37.2 Å². The van der Waals surface area contributed by atoms with Crippen LogP contribution >= 0.6 is 0 Å². The van der Waals surface area contributed by atoms with Crippen LogP contribution in [0.5, 0.6) is 5.75 Å². The summed E-state index contributed by atoms with van der Waals surface area (Å²) in [7, 11) is 3.81. The van der Waals surface area contributed by atoms with Crippen molar-refractivity contribution in [3.05, 3.63) is 36.5 Å². The first-order valence-corrected chi connectivity index (χ1v) is 6.38. The quantitative estimate of drug-likeness (QED) is 0.615. The van der Waals surface area contributed by atoms with Crippen LogP contribution in [0.25, 0.3) is 0 Å². The van der Waals surface area contributed by atoms with Crippen molar-refractivity contribution in [1.29, 1.82) is 0 Å². The molecule has 2 rings (SSSR count). The predicted molar refractivity (Wildman–Crippen MR) is 81.2 cm³/mol. The minimum Gasteiger partial charge on any atom is -0.492 e. The van der Waals surface area contributed by atoms with E-state index in [0.717, 1.165) is 17.3 Å². The summed E-state index contributed by atoms with van der Waals surface area (Å²) in [6, 6.07) is 9.16. The van der Waals surface area contributed by atoms with E-state index in [1.54, 1.807) is 6.20 Å². The number of nitrogens with one attached hydrogen (secondary N) is 1. The molecule has 3 N–H and O–H groups in total. The lowest BCUT2D eigenvalue weighted by molar-refractivity contribution is 0.333. The average Bonchev–Trinajstić information content (AvgIpc) is 2.46. The second-order valence-electron chi connectivity index (χ2n) is 4.48. The molecule has 1 heterocycles. The number of nitrogens with zero attached hydrogens (tertiary/aromatic N) is 3. The standard InChI is InChI=1S/C14H19N5O/c1-19(2)14-17-8-7-13(18-14)16-9-10-20-12-5-3-11(15)4-6-12/h3-8H,9-10,15H2,1-2H3,(H,16,17,18). The van der Waals surface area contributed by atoms with Crippen LogP contribution in [-0.2, 0) is 0 Å². The smallest absolute Gasteiger partial charge is 0.226 e. The number of rotatable bonds is 6. The summed E-state index contributed by atoms with van der Waals surface area (Å²) in [4.78, 5) is 10.4. The Balaban J connectivity index is 1.78. The summed E-state index contributed by atoms with van der Waals surface area (Å²) in [5, 5.41) is 3.19. The zero-order chi connectivity index (χ0) is 14.4. The van der Waals surface area contributed by atoms with Gasteiger partial charge in [-0.3, -0.25) is 0 Å². The van der Waals surface area contributed by atoms with E-state index < -0.39 is 0 Å². The van der Waals surface area contributed by atoms with E-state index in [1.165, 1.54) is 0 Å².